The third kappa shape index (κ3) is 5.88. The number of nitrogens with one attached hydrogen (secondary N) is 1. The number of halogens is 4. The molecule has 1 aromatic heterocycles. The number of hydrogen-bond acceptors (Lipinski definition) is 7. The third-order valence-electron chi connectivity index (χ3n) is 6.42. The molecule has 3 N–H and O–H groups in total. The second-order valence-electron chi connectivity index (χ2n) is 9.24. The second kappa shape index (κ2) is 10.7. The number of hydrogen-bond donors (Lipinski definition) is 3. The van der Waals surface area contributed by atoms with Gasteiger partial charge in [0.05, 0.1) is 23.9 Å². The topological polar surface area (TPSA) is 118 Å². The Morgan fingerprint density at radius 3 is 2.62 bits per heavy atom. The fourth-order valence-electron chi connectivity index (χ4n) is 4.37. The van der Waals surface area contributed by atoms with Crippen molar-refractivity contribution in [1.29, 1.82) is 0 Å². The van der Waals surface area contributed by atoms with Crippen LogP contribution in [0.1, 0.15) is 22.9 Å². The summed E-state index contributed by atoms with van der Waals surface area (Å²) in [5.74, 6) is 0.0103. The molecule has 0 aliphatic carbocycles. The van der Waals surface area contributed by atoms with E-state index in [1.165, 1.54) is 4.72 Å². The Bertz CT molecular complexity index is 1680. The molecule has 1 aliphatic heterocycles. The molecule has 210 valence electrons. The summed E-state index contributed by atoms with van der Waals surface area (Å²) in [6, 6.07) is 17.3. The summed E-state index contributed by atoms with van der Waals surface area (Å²) in [5, 5.41) is 22.8. The van der Waals surface area contributed by atoms with E-state index >= 15 is 0 Å². The van der Waals surface area contributed by atoms with Crippen LogP contribution in [-0.4, -0.2) is 35.7 Å². The molecule has 1 aliphatic rings. The number of rotatable bonds is 7. The Hall–Kier alpha value is -3.74. The van der Waals surface area contributed by atoms with Crippen molar-refractivity contribution in [2.75, 3.05) is 11.3 Å². The summed E-state index contributed by atoms with van der Waals surface area (Å²) in [6.07, 6.45) is -1.08. The zero-order valence-electron chi connectivity index (χ0n) is 20.5. The summed E-state index contributed by atoms with van der Waals surface area (Å²) in [7, 11) is -5.64. The van der Waals surface area contributed by atoms with Crippen molar-refractivity contribution in [3.8, 4) is 17.2 Å². The number of phenols is 1. The van der Waals surface area contributed by atoms with Gasteiger partial charge in [0.25, 0.3) is 0 Å². The van der Waals surface area contributed by atoms with Gasteiger partial charge in [-0.2, -0.15) is 21.6 Å². The molecule has 0 fully saturated rings. The van der Waals surface area contributed by atoms with Crippen LogP contribution in [0.4, 0.5) is 18.9 Å². The van der Waals surface area contributed by atoms with Gasteiger partial charge in [0.1, 0.15) is 23.9 Å². The molecule has 0 saturated heterocycles. The highest BCUT2D eigenvalue weighted by Gasteiger charge is 2.46. The quantitative estimate of drug-likeness (QED) is 0.234. The lowest BCUT2D eigenvalue weighted by molar-refractivity contribution is -0.0429. The van der Waals surface area contributed by atoms with Crippen LogP contribution in [0, 0.1) is 5.92 Å². The van der Waals surface area contributed by atoms with Gasteiger partial charge < -0.3 is 19.7 Å². The van der Waals surface area contributed by atoms with Gasteiger partial charge in [-0.05, 0) is 66.6 Å². The highest BCUT2D eigenvalue weighted by Crippen LogP contribution is 2.40. The van der Waals surface area contributed by atoms with Gasteiger partial charge in [-0.1, -0.05) is 23.7 Å². The van der Waals surface area contributed by atoms with E-state index in [2.05, 4.69) is 4.98 Å². The number of aliphatic hydroxyl groups excluding tert-OH is 1. The maximum absolute atomic E-state index is 12.8. The summed E-state index contributed by atoms with van der Waals surface area (Å²) in [4.78, 5) is 4.55. The number of phenolic OH excluding ortho intramolecular Hbond substituents is 1. The fraction of sp³-hybridized carbons (Fsp3) is 0.222. The van der Waals surface area contributed by atoms with Gasteiger partial charge in [-0.3, -0.25) is 4.72 Å². The third-order valence-corrected chi connectivity index (χ3v) is 7.77. The van der Waals surface area contributed by atoms with Crippen molar-refractivity contribution in [2.45, 2.75) is 24.6 Å². The minimum absolute atomic E-state index is 0.0112. The van der Waals surface area contributed by atoms with E-state index in [-0.39, 0.29) is 36.6 Å². The van der Waals surface area contributed by atoms with E-state index in [0.717, 1.165) is 29.1 Å². The van der Waals surface area contributed by atoms with Crippen LogP contribution in [0.15, 0.2) is 66.7 Å². The Kier molecular flexibility index (Phi) is 7.42. The summed E-state index contributed by atoms with van der Waals surface area (Å²) in [5.41, 5.74) is -3.92. The number of aromatic nitrogens is 1. The van der Waals surface area contributed by atoms with Gasteiger partial charge >= 0.3 is 15.5 Å². The Morgan fingerprint density at radius 1 is 1.07 bits per heavy atom. The number of anilines is 1. The zero-order chi connectivity index (χ0) is 28.7. The molecule has 0 radical (unpaired) electrons. The van der Waals surface area contributed by atoms with E-state index in [0.29, 0.717) is 27.8 Å². The number of aromatic hydroxyl groups is 1. The molecule has 13 heteroatoms. The van der Waals surface area contributed by atoms with E-state index in [9.17, 15) is 31.8 Å². The first kappa shape index (κ1) is 27.8. The number of fused-ring (bicyclic) bond motifs is 2. The lowest BCUT2D eigenvalue weighted by atomic mass is 9.87. The van der Waals surface area contributed by atoms with Crippen LogP contribution in [0.3, 0.4) is 0 Å². The normalized spacial score (nSPS) is 17.2. The summed E-state index contributed by atoms with van der Waals surface area (Å²) in [6.45, 7) is 0.200. The van der Waals surface area contributed by atoms with E-state index in [4.69, 9.17) is 21.1 Å². The van der Waals surface area contributed by atoms with Crippen LogP contribution in [0.5, 0.6) is 17.2 Å². The molecule has 0 unspecified atom stereocenters. The van der Waals surface area contributed by atoms with Crippen LogP contribution >= 0.6 is 11.6 Å². The maximum atomic E-state index is 12.8. The van der Waals surface area contributed by atoms with Crippen LogP contribution in [-0.2, 0) is 23.1 Å². The number of ether oxygens (including phenoxy) is 2. The molecule has 0 bridgehead atoms. The number of nitrogens with zero attached hydrogens (tertiary/aromatic N) is 1. The van der Waals surface area contributed by atoms with Gasteiger partial charge in [-0.15, -0.1) is 0 Å². The average molecular weight is 595 g/mol. The molecule has 2 heterocycles. The predicted octanol–water partition coefficient (Wildman–Crippen LogP) is 5.72. The van der Waals surface area contributed by atoms with E-state index < -0.39 is 27.6 Å². The van der Waals surface area contributed by atoms with Crippen LogP contribution < -0.4 is 14.2 Å². The maximum Gasteiger partial charge on any atom is 0.516 e. The first-order valence-corrected chi connectivity index (χ1v) is 13.8. The predicted molar refractivity (Wildman–Crippen MR) is 142 cm³/mol. The minimum atomic E-state index is -5.64. The van der Waals surface area contributed by atoms with Crippen LogP contribution in [0.2, 0.25) is 5.02 Å². The lowest BCUT2D eigenvalue weighted by Crippen LogP contribution is -2.30. The molecule has 5 rings (SSSR count). The molecule has 8 nitrogen and oxygen atoms in total. The monoisotopic (exact) mass is 594 g/mol. The van der Waals surface area contributed by atoms with Crippen molar-refractivity contribution in [3.05, 3.63) is 88.6 Å². The lowest BCUT2D eigenvalue weighted by Gasteiger charge is -2.31. The highest BCUT2D eigenvalue weighted by atomic mass is 35.5. The number of benzene rings is 3. The van der Waals surface area contributed by atoms with Gasteiger partial charge in [0.15, 0.2) is 0 Å². The van der Waals surface area contributed by atoms with Crippen molar-refractivity contribution < 1.29 is 41.3 Å². The van der Waals surface area contributed by atoms with Crippen molar-refractivity contribution in [3.63, 3.8) is 0 Å². The minimum Gasteiger partial charge on any atom is -0.508 e. The Morgan fingerprint density at radius 2 is 1.85 bits per heavy atom. The second-order valence-corrected chi connectivity index (χ2v) is 11.4. The first-order chi connectivity index (χ1) is 18.9. The Labute approximate surface area is 232 Å². The van der Waals surface area contributed by atoms with Crippen molar-refractivity contribution >= 4 is 38.2 Å². The van der Waals surface area contributed by atoms with Crippen molar-refractivity contribution in [2.24, 2.45) is 5.92 Å². The van der Waals surface area contributed by atoms with Gasteiger partial charge in [0.2, 0.25) is 0 Å². The van der Waals surface area contributed by atoms with E-state index in [1.807, 2.05) is 18.2 Å². The fourth-order valence-corrected chi connectivity index (χ4v) is 5.09. The first-order valence-electron chi connectivity index (χ1n) is 11.9. The molecule has 4 aromatic rings. The van der Waals surface area contributed by atoms with Crippen LogP contribution in [0.25, 0.3) is 10.9 Å². The van der Waals surface area contributed by atoms with E-state index in [1.54, 1.807) is 30.3 Å². The summed E-state index contributed by atoms with van der Waals surface area (Å²) >= 11 is 6.06. The molecule has 0 amide bonds. The number of sulfonamides is 1. The standard InChI is InChI=1S/C27H22ClF3N2O6S/c28-18-3-1-15-2-4-20(32-23(15)11-18)14-38-21-6-8-25-22(12-21)26(35)17(13-39-25)9-16-10-19(5-7-24(16)34)33-40(36,37)27(29,30)31/h1-8,10-12,17,26,33-35H,9,13-14H2/t17-,26-/m1/s1. The molecule has 0 spiro atoms. The SMILES string of the molecule is O=S(=O)(Nc1ccc(O)c(C[C@@H]2COc3ccc(OCc4ccc5ccc(Cl)cc5n4)cc3[C@@H]2O)c1)C(F)(F)F. The number of pyridine rings is 1. The smallest absolute Gasteiger partial charge is 0.508 e. The number of alkyl halides is 3. The molecule has 2 atom stereocenters. The largest absolute Gasteiger partial charge is 0.516 e. The molecule has 40 heavy (non-hydrogen) atoms. The average Bonchev–Trinajstić information content (AvgIpc) is 2.90. The number of aliphatic hydroxyl groups is 1. The van der Waals surface area contributed by atoms with Gasteiger partial charge in [-0.25, -0.2) is 4.98 Å². The van der Waals surface area contributed by atoms with Crippen molar-refractivity contribution in [1.82, 2.24) is 4.98 Å². The van der Waals surface area contributed by atoms with Gasteiger partial charge in [0, 0.05) is 27.6 Å². The molecule has 3 aromatic carbocycles. The molecule has 0 saturated carbocycles. The molecular weight excluding hydrogens is 573 g/mol. The molecular formula is C27H22ClF3N2O6S. The zero-order valence-corrected chi connectivity index (χ0v) is 22.1. The Balaban J connectivity index is 1.30. The summed E-state index contributed by atoms with van der Waals surface area (Å²) < 4.78 is 74.3. The highest BCUT2D eigenvalue weighted by molar-refractivity contribution is 7.93.